The molecule has 66 valence electrons. The molecule has 2 heterocycles. The van der Waals surface area contributed by atoms with Gasteiger partial charge in [0.2, 0.25) is 0 Å². The summed E-state index contributed by atoms with van der Waals surface area (Å²) < 4.78 is 6.62. The molecule has 0 aliphatic carbocycles. The Balaban J connectivity index is 2.17. The van der Waals surface area contributed by atoms with Crippen LogP contribution in [-0.2, 0) is 11.3 Å². The lowest BCUT2D eigenvalue weighted by atomic mass is 10.5. The molecule has 6 heteroatoms. The Labute approximate surface area is 67.8 Å². The first-order valence-corrected chi connectivity index (χ1v) is 3.60. The van der Waals surface area contributed by atoms with E-state index in [-0.39, 0.29) is 11.6 Å². The van der Waals surface area contributed by atoms with Crippen LogP contribution in [0, 0.1) is 10.4 Å². The van der Waals surface area contributed by atoms with Gasteiger partial charge in [0.15, 0.2) is 0 Å². The summed E-state index contributed by atoms with van der Waals surface area (Å²) in [6.07, 6.45) is 1.87. The van der Waals surface area contributed by atoms with Gasteiger partial charge in [-0.25, -0.2) is 4.68 Å². The molecule has 0 bridgehead atoms. The van der Waals surface area contributed by atoms with Gasteiger partial charge in [-0.1, -0.05) is 0 Å². The number of epoxide rings is 1. The molecule has 0 unspecified atom stereocenters. The summed E-state index contributed by atoms with van der Waals surface area (Å²) >= 11 is 0. The highest BCUT2D eigenvalue weighted by Gasteiger charge is 2.23. The lowest BCUT2D eigenvalue weighted by molar-refractivity contribution is 0.372. The van der Waals surface area contributed by atoms with Crippen molar-refractivity contribution in [2.45, 2.75) is 12.6 Å². The Morgan fingerprint density at radius 2 is 2.50 bits per heavy atom. The van der Waals surface area contributed by atoms with Crippen LogP contribution in [-0.4, -0.2) is 22.5 Å². The maximum atomic E-state index is 10.2. The van der Waals surface area contributed by atoms with Crippen molar-refractivity contribution in [2.24, 2.45) is 0 Å². The predicted octanol–water partition coefficient (Wildman–Crippen LogP) is -1.02. The SMILES string of the molecule is [O-][N+]([O-])=c1ccn(C[C@@H]2CO2)[nH]1. The van der Waals surface area contributed by atoms with E-state index in [1.54, 1.807) is 10.9 Å². The van der Waals surface area contributed by atoms with E-state index in [0.717, 1.165) is 6.61 Å². The molecule has 1 saturated heterocycles. The highest BCUT2D eigenvalue weighted by Crippen LogP contribution is 2.09. The zero-order valence-electron chi connectivity index (χ0n) is 6.27. The summed E-state index contributed by atoms with van der Waals surface area (Å²) in [5.41, 5.74) is 0.00986. The third kappa shape index (κ3) is 1.42. The highest BCUT2D eigenvalue weighted by molar-refractivity contribution is 4.83. The fourth-order valence-corrected chi connectivity index (χ4v) is 0.983. The smallest absolute Gasteiger partial charge is 0.300 e. The van der Waals surface area contributed by atoms with Crippen molar-refractivity contribution in [3.63, 3.8) is 0 Å². The summed E-state index contributed by atoms with van der Waals surface area (Å²) in [5.74, 6) is 0. The molecule has 0 radical (unpaired) electrons. The predicted molar refractivity (Wildman–Crippen MR) is 40.5 cm³/mol. The minimum Gasteiger partial charge on any atom is -0.712 e. The van der Waals surface area contributed by atoms with Gasteiger partial charge in [0, 0.05) is 12.3 Å². The summed E-state index contributed by atoms with van der Waals surface area (Å²) in [4.78, 5) is -0.454. The molecule has 1 aliphatic heterocycles. The van der Waals surface area contributed by atoms with Crippen LogP contribution in [0.25, 0.3) is 0 Å². The molecule has 0 spiro atoms. The van der Waals surface area contributed by atoms with Crippen LogP contribution in [0.3, 0.4) is 0 Å². The van der Waals surface area contributed by atoms with Crippen LogP contribution in [0.1, 0.15) is 0 Å². The number of ether oxygens (including phenoxy) is 1. The Kier molecular flexibility index (Phi) is 1.54. The first kappa shape index (κ1) is 7.23. The minimum absolute atomic E-state index is 0.00986. The van der Waals surface area contributed by atoms with Gasteiger partial charge in [-0.15, -0.1) is 0 Å². The van der Waals surface area contributed by atoms with Gasteiger partial charge >= 0.3 is 5.49 Å². The Hall–Kier alpha value is -1.43. The number of nitrogens with one attached hydrogen (secondary N) is 1. The van der Waals surface area contributed by atoms with Crippen molar-refractivity contribution < 1.29 is 4.74 Å². The molecule has 6 nitrogen and oxygen atoms in total. The van der Waals surface area contributed by atoms with Gasteiger partial charge in [0.05, 0.1) is 13.2 Å². The van der Waals surface area contributed by atoms with Crippen molar-refractivity contribution in [1.29, 1.82) is 0 Å². The molecule has 1 aromatic heterocycles. The number of hydrogen-bond acceptors (Lipinski definition) is 3. The highest BCUT2D eigenvalue weighted by atomic mass is 16.8. The monoisotopic (exact) mass is 170 g/mol. The van der Waals surface area contributed by atoms with Crippen LogP contribution in [0.15, 0.2) is 12.3 Å². The van der Waals surface area contributed by atoms with Crippen molar-refractivity contribution in [2.75, 3.05) is 6.61 Å². The number of rotatable bonds is 2. The summed E-state index contributed by atoms with van der Waals surface area (Å²) in [7, 11) is 0. The zero-order valence-corrected chi connectivity index (χ0v) is 6.27. The fourth-order valence-electron chi connectivity index (χ4n) is 0.983. The normalized spacial score (nSPS) is 20.8. The van der Waals surface area contributed by atoms with Crippen LogP contribution in [0.2, 0.25) is 0 Å². The number of aromatic amines is 1. The molecule has 0 amide bonds. The first-order valence-electron chi connectivity index (χ1n) is 3.60. The molecule has 1 aromatic rings. The van der Waals surface area contributed by atoms with E-state index in [1.165, 1.54) is 6.07 Å². The molecule has 1 fully saturated rings. The molecule has 0 aromatic carbocycles. The molecule has 12 heavy (non-hydrogen) atoms. The van der Waals surface area contributed by atoms with Crippen LogP contribution in [0.5, 0.6) is 0 Å². The molecule has 1 N–H and O–H groups in total. The summed E-state index contributed by atoms with van der Waals surface area (Å²) in [6, 6.07) is 1.43. The number of nitrogens with zero attached hydrogens (tertiary/aromatic N) is 2. The van der Waals surface area contributed by atoms with Crippen molar-refractivity contribution in [3.8, 4) is 0 Å². The molecule has 1 atom stereocenters. The lowest BCUT2D eigenvalue weighted by Gasteiger charge is -2.07. The fraction of sp³-hybridized carbons (Fsp3) is 0.500. The van der Waals surface area contributed by atoms with E-state index in [0.29, 0.717) is 6.54 Å². The minimum atomic E-state index is -0.454. The van der Waals surface area contributed by atoms with Crippen molar-refractivity contribution in [3.05, 3.63) is 28.2 Å². The average Bonchev–Trinajstić information content (AvgIpc) is 2.66. The van der Waals surface area contributed by atoms with Crippen molar-refractivity contribution >= 4 is 0 Å². The average molecular weight is 170 g/mol. The quantitative estimate of drug-likeness (QED) is 0.455. The maximum Gasteiger partial charge on any atom is 0.300 e. The summed E-state index contributed by atoms with van der Waals surface area (Å²) in [5, 5.41) is 23.1. The number of hydrogen-bond donors (Lipinski definition) is 1. The summed E-state index contributed by atoms with van der Waals surface area (Å²) in [6.45, 7) is 1.41. The Morgan fingerprint density at radius 1 is 1.75 bits per heavy atom. The van der Waals surface area contributed by atoms with Gasteiger partial charge < -0.3 is 15.2 Å². The molecule has 0 saturated carbocycles. The van der Waals surface area contributed by atoms with E-state index >= 15 is 0 Å². The van der Waals surface area contributed by atoms with Crippen LogP contribution in [0.4, 0.5) is 0 Å². The molecule has 1 aliphatic rings. The van der Waals surface area contributed by atoms with Gasteiger partial charge in [-0.05, 0) is 0 Å². The first-order chi connectivity index (χ1) is 5.75. The largest absolute Gasteiger partial charge is 0.712 e. The van der Waals surface area contributed by atoms with E-state index < -0.39 is 4.90 Å². The third-order valence-electron chi connectivity index (χ3n) is 1.67. The van der Waals surface area contributed by atoms with Crippen LogP contribution < -0.4 is 10.4 Å². The second kappa shape index (κ2) is 2.56. The molecular weight excluding hydrogens is 162 g/mol. The topological polar surface area (TPSA) is 82.4 Å². The second-order valence-corrected chi connectivity index (χ2v) is 2.68. The van der Waals surface area contributed by atoms with Gasteiger partial charge in [0.25, 0.3) is 0 Å². The van der Waals surface area contributed by atoms with Gasteiger partial charge in [-0.2, -0.15) is 5.10 Å². The standard InChI is InChI=1S/C6H8N3O3/c10-9(11)6-1-2-8(7-6)3-5-4-12-5/h1-2,5,7H,3-4H2/q-1/t5-/m1/s1. The van der Waals surface area contributed by atoms with Gasteiger partial charge in [0.1, 0.15) is 6.10 Å². The van der Waals surface area contributed by atoms with E-state index in [9.17, 15) is 10.4 Å². The van der Waals surface area contributed by atoms with E-state index in [1.807, 2.05) is 0 Å². The van der Waals surface area contributed by atoms with E-state index in [2.05, 4.69) is 5.10 Å². The number of aromatic nitrogens is 2. The zero-order chi connectivity index (χ0) is 8.55. The second-order valence-electron chi connectivity index (χ2n) is 2.68. The third-order valence-corrected chi connectivity index (χ3v) is 1.67. The van der Waals surface area contributed by atoms with Gasteiger partial charge in [-0.3, -0.25) is 4.90 Å². The lowest BCUT2D eigenvalue weighted by Crippen LogP contribution is -2.21. The Bertz CT molecular complexity index is 332. The maximum absolute atomic E-state index is 10.2. The van der Waals surface area contributed by atoms with Crippen molar-refractivity contribution in [1.82, 2.24) is 14.7 Å². The molecule has 2 rings (SSSR count). The molecular formula is C6H8N3O3-. The number of H-pyrrole nitrogens is 1. The Morgan fingerprint density at radius 3 is 3.00 bits per heavy atom. The van der Waals surface area contributed by atoms with Crippen LogP contribution >= 0.6 is 0 Å². The van der Waals surface area contributed by atoms with E-state index in [4.69, 9.17) is 4.74 Å².